The van der Waals surface area contributed by atoms with Crippen molar-refractivity contribution in [2.45, 2.75) is 51.0 Å². The minimum Gasteiger partial charge on any atom is -0.332 e. The number of nitrogens with zero attached hydrogens (tertiary/aromatic N) is 3. The highest BCUT2D eigenvalue weighted by atomic mass is 16.2. The van der Waals surface area contributed by atoms with E-state index in [2.05, 4.69) is 20.1 Å². The number of piperidine rings is 1. The Hall–Kier alpha value is -1.39. The van der Waals surface area contributed by atoms with Gasteiger partial charge in [-0.3, -0.25) is 9.89 Å². The van der Waals surface area contributed by atoms with Crippen molar-refractivity contribution >= 4 is 5.91 Å². The first-order valence-electron chi connectivity index (χ1n) is 8.02. The van der Waals surface area contributed by atoms with E-state index in [0.29, 0.717) is 23.7 Å². The first kappa shape index (κ1) is 12.4. The van der Waals surface area contributed by atoms with Crippen molar-refractivity contribution in [2.75, 3.05) is 6.54 Å². The van der Waals surface area contributed by atoms with E-state index in [0.717, 1.165) is 25.2 Å². The Balaban J connectivity index is 1.52. The third kappa shape index (κ3) is 1.95. The van der Waals surface area contributed by atoms with Crippen molar-refractivity contribution in [3.63, 3.8) is 0 Å². The molecule has 20 heavy (non-hydrogen) atoms. The van der Waals surface area contributed by atoms with E-state index in [1.807, 2.05) is 0 Å². The SMILES string of the molecule is O=C(C1[C@H]2CCCC[C@@H]12)N1CCCCC1c1ncn[nH]1. The number of aromatic nitrogens is 3. The number of fused-ring (bicyclic) bond motifs is 1. The van der Waals surface area contributed by atoms with Crippen molar-refractivity contribution in [3.05, 3.63) is 12.2 Å². The minimum atomic E-state index is 0.126. The maximum Gasteiger partial charge on any atom is 0.226 e. The molecule has 4 atom stereocenters. The molecule has 1 amide bonds. The second-order valence-corrected chi connectivity index (χ2v) is 6.55. The van der Waals surface area contributed by atoms with Crippen LogP contribution in [0.5, 0.6) is 0 Å². The van der Waals surface area contributed by atoms with Crippen molar-refractivity contribution < 1.29 is 4.79 Å². The zero-order valence-corrected chi connectivity index (χ0v) is 11.8. The molecule has 2 aliphatic carbocycles. The summed E-state index contributed by atoms with van der Waals surface area (Å²) in [5.74, 6) is 2.95. The highest BCUT2D eigenvalue weighted by Crippen LogP contribution is 2.56. The minimum absolute atomic E-state index is 0.126. The van der Waals surface area contributed by atoms with E-state index in [9.17, 15) is 4.79 Å². The van der Waals surface area contributed by atoms with Gasteiger partial charge in [0.15, 0.2) is 0 Å². The largest absolute Gasteiger partial charge is 0.332 e. The molecular formula is C15H22N4O. The fourth-order valence-electron chi connectivity index (χ4n) is 4.41. The lowest BCUT2D eigenvalue weighted by Crippen LogP contribution is -2.40. The zero-order chi connectivity index (χ0) is 13.5. The van der Waals surface area contributed by atoms with Crippen LogP contribution in [0.2, 0.25) is 0 Å². The average molecular weight is 274 g/mol. The molecule has 2 unspecified atom stereocenters. The number of aromatic amines is 1. The molecule has 2 saturated carbocycles. The van der Waals surface area contributed by atoms with E-state index in [1.54, 1.807) is 6.33 Å². The predicted molar refractivity (Wildman–Crippen MR) is 73.6 cm³/mol. The third-order valence-electron chi connectivity index (χ3n) is 5.48. The molecule has 3 aliphatic rings. The molecule has 0 spiro atoms. The Kier molecular flexibility index (Phi) is 3.00. The number of nitrogens with one attached hydrogen (secondary N) is 1. The summed E-state index contributed by atoms with van der Waals surface area (Å²) >= 11 is 0. The third-order valence-corrected chi connectivity index (χ3v) is 5.48. The standard InChI is InChI=1S/C15H22N4O/c20-15(13-10-5-1-2-6-11(10)13)19-8-4-3-7-12(19)14-16-9-17-18-14/h9-13H,1-8H2,(H,16,17,18)/t10-,11+,12?,13?. The van der Waals surface area contributed by atoms with Crippen LogP contribution in [0.15, 0.2) is 6.33 Å². The Bertz CT molecular complexity index is 474. The Morgan fingerprint density at radius 2 is 1.90 bits per heavy atom. The molecule has 5 heteroatoms. The van der Waals surface area contributed by atoms with Gasteiger partial charge in [-0.15, -0.1) is 0 Å². The summed E-state index contributed by atoms with van der Waals surface area (Å²) in [7, 11) is 0. The van der Waals surface area contributed by atoms with Crippen LogP contribution in [0.4, 0.5) is 0 Å². The van der Waals surface area contributed by atoms with Crippen molar-refractivity contribution in [1.29, 1.82) is 0 Å². The van der Waals surface area contributed by atoms with Gasteiger partial charge < -0.3 is 4.90 Å². The number of H-pyrrole nitrogens is 1. The zero-order valence-electron chi connectivity index (χ0n) is 11.8. The Labute approximate surface area is 119 Å². The quantitative estimate of drug-likeness (QED) is 0.900. The van der Waals surface area contributed by atoms with Crippen LogP contribution >= 0.6 is 0 Å². The molecule has 3 fully saturated rings. The normalized spacial score (nSPS) is 36.5. The maximum atomic E-state index is 12.9. The predicted octanol–water partition coefficient (Wildman–Crippen LogP) is 2.29. The van der Waals surface area contributed by atoms with Crippen LogP contribution in [0.1, 0.15) is 56.8 Å². The molecule has 1 saturated heterocycles. The summed E-state index contributed by atoms with van der Waals surface area (Å²) in [6.45, 7) is 0.889. The van der Waals surface area contributed by atoms with Gasteiger partial charge in [0.25, 0.3) is 0 Å². The monoisotopic (exact) mass is 274 g/mol. The van der Waals surface area contributed by atoms with Gasteiger partial charge in [0.2, 0.25) is 5.91 Å². The highest BCUT2D eigenvalue weighted by molar-refractivity contribution is 5.83. The van der Waals surface area contributed by atoms with Gasteiger partial charge in [-0.25, -0.2) is 4.98 Å². The van der Waals surface area contributed by atoms with E-state index >= 15 is 0 Å². The number of rotatable bonds is 2. The molecule has 1 aliphatic heterocycles. The number of carbonyl (C=O) groups excluding carboxylic acids is 1. The van der Waals surface area contributed by atoms with Gasteiger partial charge in [-0.05, 0) is 43.9 Å². The van der Waals surface area contributed by atoms with Crippen LogP contribution in [-0.2, 0) is 4.79 Å². The first-order chi connectivity index (χ1) is 9.86. The van der Waals surface area contributed by atoms with Crippen LogP contribution in [0, 0.1) is 17.8 Å². The van der Waals surface area contributed by atoms with E-state index < -0.39 is 0 Å². The molecule has 0 bridgehead atoms. The van der Waals surface area contributed by atoms with Gasteiger partial charge in [-0.1, -0.05) is 12.8 Å². The highest BCUT2D eigenvalue weighted by Gasteiger charge is 2.56. The lowest BCUT2D eigenvalue weighted by atomic mass is 10.0. The summed E-state index contributed by atoms with van der Waals surface area (Å²) < 4.78 is 0. The second kappa shape index (κ2) is 4.86. The van der Waals surface area contributed by atoms with Crippen LogP contribution in [0.3, 0.4) is 0 Å². The number of hydrogen-bond acceptors (Lipinski definition) is 3. The van der Waals surface area contributed by atoms with Gasteiger partial charge in [-0.2, -0.15) is 5.10 Å². The van der Waals surface area contributed by atoms with Gasteiger partial charge >= 0.3 is 0 Å². The molecule has 1 N–H and O–H groups in total. The summed E-state index contributed by atoms with van der Waals surface area (Å²) in [6.07, 6.45) is 10.0. The molecule has 0 radical (unpaired) electrons. The Morgan fingerprint density at radius 1 is 1.15 bits per heavy atom. The summed E-state index contributed by atoms with van der Waals surface area (Å²) in [6, 6.07) is 0.126. The molecule has 5 nitrogen and oxygen atoms in total. The average Bonchev–Trinajstić information content (AvgIpc) is 2.97. The fourth-order valence-corrected chi connectivity index (χ4v) is 4.41. The lowest BCUT2D eigenvalue weighted by molar-refractivity contribution is -0.137. The molecule has 2 heterocycles. The Morgan fingerprint density at radius 3 is 2.60 bits per heavy atom. The summed E-state index contributed by atoms with van der Waals surface area (Å²) in [5, 5.41) is 6.91. The number of hydrogen-bond donors (Lipinski definition) is 1. The smallest absolute Gasteiger partial charge is 0.226 e. The van der Waals surface area contributed by atoms with Crippen molar-refractivity contribution in [3.8, 4) is 0 Å². The van der Waals surface area contributed by atoms with Gasteiger partial charge in [0.1, 0.15) is 12.2 Å². The summed E-state index contributed by atoms with van der Waals surface area (Å²) in [4.78, 5) is 19.3. The van der Waals surface area contributed by atoms with Crippen molar-refractivity contribution in [1.82, 2.24) is 20.1 Å². The fraction of sp³-hybridized carbons (Fsp3) is 0.800. The molecule has 1 aromatic heterocycles. The molecule has 108 valence electrons. The first-order valence-corrected chi connectivity index (χ1v) is 8.02. The number of amides is 1. The number of carbonyl (C=O) groups is 1. The second-order valence-electron chi connectivity index (χ2n) is 6.55. The van der Waals surface area contributed by atoms with Crippen molar-refractivity contribution in [2.24, 2.45) is 17.8 Å². The van der Waals surface area contributed by atoms with Crippen LogP contribution < -0.4 is 0 Å². The molecule has 4 rings (SSSR count). The summed E-state index contributed by atoms with van der Waals surface area (Å²) in [5.41, 5.74) is 0. The maximum absolute atomic E-state index is 12.9. The molecule has 0 aromatic carbocycles. The van der Waals surface area contributed by atoms with Gasteiger partial charge in [0, 0.05) is 12.5 Å². The van der Waals surface area contributed by atoms with E-state index in [4.69, 9.17) is 0 Å². The van der Waals surface area contributed by atoms with E-state index in [-0.39, 0.29) is 6.04 Å². The van der Waals surface area contributed by atoms with Gasteiger partial charge in [0.05, 0.1) is 6.04 Å². The van der Waals surface area contributed by atoms with Crippen LogP contribution in [0.25, 0.3) is 0 Å². The van der Waals surface area contributed by atoms with Crippen LogP contribution in [-0.4, -0.2) is 32.5 Å². The molecule has 1 aromatic rings. The molecular weight excluding hydrogens is 252 g/mol. The lowest BCUT2D eigenvalue weighted by Gasteiger charge is -2.34. The topological polar surface area (TPSA) is 61.9 Å². The van der Waals surface area contributed by atoms with E-state index in [1.165, 1.54) is 32.1 Å². The number of likely N-dealkylation sites (tertiary alicyclic amines) is 1.